The van der Waals surface area contributed by atoms with E-state index in [0.29, 0.717) is 29.4 Å². The average Bonchev–Trinajstić information content (AvgIpc) is 3.29. The highest BCUT2D eigenvalue weighted by Crippen LogP contribution is 2.36. The van der Waals surface area contributed by atoms with Crippen LogP contribution in [0.1, 0.15) is 60.2 Å². The van der Waals surface area contributed by atoms with E-state index in [-0.39, 0.29) is 47.5 Å². The number of hydrogen-bond acceptors (Lipinski definition) is 6. The van der Waals surface area contributed by atoms with Gasteiger partial charge in [-0.2, -0.15) is 0 Å². The van der Waals surface area contributed by atoms with Crippen LogP contribution >= 0.6 is 15.9 Å². The van der Waals surface area contributed by atoms with Crippen LogP contribution < -0.4 is 4.90 Å². The zero-order valence-corrected chi connectivity index (χ0v) is 21.6. The number of rotatable bonds is 10. The summed E-state index contributed by atoms with van der Waals surface area (Å²) in [5.74, 6) is 0.447. The van der Waals surface area contributed by atoms with Crippen LogP contribution in [-0.2, 0) is 14.3 Å². The van der Waals surface area contributed by atoms with E-state index in [9.17, 15) is 14.4 Å². The molecule has 0 bridgehead atoms. The van der Waals surface area contributed by atoms with Gasteiger partial charge < -0.3 is 13.9 Å². The number of benzene rings is 1. The largest absolute Gasteiger partial charge is 0.462 e. The summed E-state index contributed by atoms with van der Waals surface area (Å²) >= 11 is 3.18. The molecule has 1 aliphatic carbocycles. The van der Waals surface area contributed by atoms with Gasteiger partial charge in [-0.1, -0.05) is 47.1 Å². The van der Waals surface area contributed by atoms with Crippen molar-refractivity contribution in [3.05, 3.63) is 41.5 Å². The van der Waals surface area contributed by atoms with Crippen LogP contribution in [-0.4, -0.2) is 49.9 Å². The standard InChI is InChI=1S/C26H32BrNO6/c1-4-33-26(31)21-15-23(19-11-9-18(10-12-19)22(29)16-27)34-25(21)28(13-14-32-3)24(30)20-7-5-17(2)6-8-20/h9-12,15,17,20H,4-8,13-14,16H2,1-3H3/t17-,20-. The summed E-state index contributed by atoms with van der Waals surface area (Å²) in [5.41, 5.74) is 1.46. The molecule has 34 heavy (non-hydrogen) atoms. The topological polar surface area (TPSA) is 86.1 Å². The lowest BCUT2D eigenvalue weighted by Crippen LogP contribution is -2.40. The molecule has 184 valence electrons. The number of hydrogen-bond donors (Lipinski definition) is 0. The summed E-state index contributed by atoms with van der Waals surface area (Å²) in [6.45, 7) is 4.71. The quantitative estimate of drug-likeness (QED) is 0.227. The van der Waals surface area contributed by atoms with Gasteiger partial charge in [0, 0.05) is 30.2 Å². The number of furan rings is 1. The third-order valence-corrected chi connectivity index (χ3v) is 6.73. The predicted octanol–water partition coefficient (Wildman–Crippen LogP) is 5.51. The third-order valence-electron chi connectivity index (χ3n) is 6.22. The van der Waals surface area contributed by atoms with Crippen LogP contribution in [0.3, 0.4) is 0 Å². The van der Waals surface area contributed by atoms with Crippen LogP contribution in [0.4, 0.5) is 5.88 Å². The lowest BCUT2D eigenvalue weighted by Gasteiger charge is -2.30. The molecular weight excluding hydrogens is 502 g/mol. The first-order chi connectivity index (χ1) is 16.4. The first-order valence-electron chi connectivity index (χ1n) is 11.7. The molecule has 3 rings (SSSR count). The van der Waals surface area contributed by atoms with Gasteiger partial charge in [0.25, 0.3) is 0 Å². The number of Topliss-reactive ketones (excluding diaryl/α,β-unsaturated/α-hetero) is 1. The number of halogens is 1. The van der Waals surface area contributed by atoms with Crippen LogP contribution in [0, 0.1) is 11.8 Å². The summed E-state index contributed by atoms with van der Waals surface area (Å²) in [6, 6.07) is 8.55. The zero-order chi connectivity index (χ0) is 24.7. The molecule has 0 aliphatic heterocycles. The first kappa shape index (κ1) is 26.2. The van der Waals surface area contributed by atoms with Gasteiger partial charge in [-0.05, 0) is 38.5 Å². The number of esters is 1. The van der Waals surface area contributed by atoms with E-state index in [1.165, 1.54) is 4.90 Å². The van der Waals surface area contributed by atoms with Gasteiger partial charge >= 0.3 is 5.97 Å². The van der Waals surface area contributed by atoms with Crippen LogP contribution in [0.2, 0.25) is 0 Å². The molecule has 1 saturated carbocycles. The molecule has 1 heterocycles. The first-order valence-corrected chi connectivity index (χ1v) is 12.8. The summed E-state index contributed by atoms with van der Waals surface area (Å²) in [4.78, 5) is 39.8. The minimum Gasteiger partial charge on any atom is -0.462 e. The number of alkyl halides is 1. The van der Waals surface area contributed by atoms with Gasteiger partial charge in [-0.3, -0.25) is 14.5 Å². The second-order valence-corrected chi connectivity index (χ2v) is 9.18. The van der Waals surface area contributed by atoms with Crippen molar-refractivity contribution in [3.8, 4) is 11.3 Å². The van der Waals surface area contributed by atoms with Crippen LogP contribution in [0.25, 0.3) is 11.3 Å². The Kier molecular flexibility index (Phi) is 9.47. The van der Waals surface area contributed by atoms with E-state index in [4.69, 9.17) is 13.9 Å². The van der Waals surface area contributed by atoms with Gasteiger partial charge in [0.05, 0.1) is 25.1 Å². The van der Waals surface area contributed by atoms with Crippen molar-refractivity contribution in [3.63, 3.8) is 0 Å². The van der Waals surface area contributed by atoms with Crippen LogP contribution in [0.5, 0.6) is 0 Å². The Bertz CT molecular complexity index is 991. The van der Waals surface area contributed by atoms with E-state index in [1.54, 1.807) is 44.4 Å². The Morgan fingerprint density at radius 2 is 1.79 bits per heavy atom. The number of nitrogens with zero attached hydrogens (tertiary/aromatic N) is 1. The number of methoxy groups -OCH3 is 1. The van der Waals surface area contributed by atoms with Crippen molar-refractivity contribution in [2.24, 2.45) is 11.8 Å². The summed E-state index contributed by atoms with van der Waals surface area (Å²) in [6.07, 6.45) is 3.63. The second-order valence-electron chi connectivity index (χ2n) is 8.62. The molecule has 1 aromatic heterocycles. The summed E-state index contributed by atoms with van der Waals surface area (Å²) in [7, 11) is 1.57. The molecule has 0 saturated heterocycles. The number of ketones is 1. The highest BCUT2D eigenvalue weighted by atomic mass is 79.9. The molecule has 0 spiro atoms. The third kappa shape index (κ3) is 6.16. The molecule has 1 aliphatic rings. The molecule has 0 unspecified atom stereocenters. The molecule has 8 heteroatoms. The van der Waals surface area contributed by atoms with Gasteiger partial charge in [-0.25, -0.2) is 4.79 Å². The molecule has 0 radical (unpaired) electrons. The molecule has 0 N–H and O–H groups in total. The van der Waals surface area contributed by atoms with Crippen molar-refractivity contribution in [2.75, 3.05) is 37.1 Å². The van der Waals surface area contributed by atoms with E-state index in [2.05, 4.69) is 22.9 Å². The minimum absolute atomic E-state index is 0.0305. The molecular formula is C26H32BrNO6. The minimum atomic E-state index is -0.550. The molecule has 1 fully saturated rings. The number of ether oxygens (including phenoxy) is 2. The molecule has 1 aromatic carbocycles. The Hall–Kier alpha value is -2.45. The lowest BCUT2D eigenvalue weighted by molar-refractivity contribution is -0.123. The van der Waals surface area contributed by atoms with Crippen molar-refractivity contribution >= 4 is 39.5 Å². The van der Waals surface area contributed by atoms with Crippen molar-refractivity contribution in [1.29, 1.82) is 0 Å². The highest BCUT2D eigenvalue weighted by molar-refractivity contribution is 9.09. The fourth-order valence-corrected chi connectivity index (χ4v) is 4.52. The number of carbonyl (C=O) groups excluding carboxylic acids is 3. The number of amides is 1. The van der Waals surface area contributed by atoms with Crippen molar-refractivity contribution < 1.29 is 28.3 Å². The van der Waals surface area contributed by atoms with E-state index in [1.807, 2.05) is 0 Å². The SMILES string of the molecule is CCOC(=O)c1cc(-c2ccc(C(=O)CBr)cc2)oc1N(CCOC)C(=O)[C@H]1CC[C@H](C)CC1. The van der Waals surface area contributed by atoms with E-state index in [0.717, 1.165) is 25.7 Å². The maximum atomic E-state index is 13.6. The predicted molar refractivity (Wildman–Crippen MR) is 134 cm³/mol. The lowest BCUT2D eigenvalue weighted by atomic mass is 9.82. The molecule has 2 aromatic rings. The van der Waals surface area contributed by atoms with E-state index >= 15 is 0 Å². The molecule has 7 nitrogen and oxygen atoms in total. The van der Waals surface area contributed by atoms with Crippen molar-refractivity contribution in [2.45, 2.75) is 39.5 Å². The van der Waals surface area contributed by atoms with Crippen molar-refractivity contribution in [1.82, 2.24) is 0 Å². The summed E-state index contributed by atoms with van der Waals surface area (Å²) in [5, 5.41) is 0.237. The second kappa shape index (κ2) is 12.3. The maximum Gasteiger partial charge on any atom is 0.343 e. The fourth-order valence-electron chi connectivity index (χ4n) is 4.20. The fraction of sp³-hybridized carbons (Fsp3) is 0.500. The highest BCUT2D eigenvalue weighted by Gasteiger charge is 2.33. The number of carbonyl (C=O) groups is 3. The smallest absolute Gasteiger partial charge is 0.343 e. The van der Waals surface area contributed by atoms with E-state index < -0.39 is 5.97 Å². The maximum absolute atomic E-state index is 13.6. The average molecular weight is 534 g/mol. The Morgan fingerprint density at radius 3 is 2.38 bits per heavy atom. The Balaban J connectivity index is 1.99. The number of anilines is 1. The van der Waals surface area contributed by atoms with Gasteiger partial charge in [0.15, 0.2) is 5.78 Å². The van der Waals surface area contributed by atoms with Gasteiger partial charge in [0.2, 0.25) is 11.8 Å². The monoisotopic (exact) mass is 533 g/mol. The van der Waals surface area contributed by atoms with Gasteiger partial charge in [-0.15, -0.1) is 0 Å². The normalized spacial score (nSPS) is 17.9. The molecule has 0 atom stereocenters. The van der Waals surface area contributed by atoms with Crippen LogP contribution in [0.15, 0.2) is 34.7 Å². The summed E-state index contributed by atoms with van der Waals surface area (Å²) < 4.78 is 16.6. The Labute approximate surface area is 208 Å². The zero-order valence-electron chi connectivity index (χ0n) is 20.0. The Morgan fingerprint density at radius 1 is 1.12 bits per heavy atom. The molecule has 1 amide bonds. The van der Waals surface area contributed by atoms with Gasteiger partial charge in [0.1, 0.15) is 11.3 Å².